The van der Waals surface area contributed by atoms with Crippen molar-refractivity contribution >= 4 is 12.0 Å². The molecule has 1 saturated heterocycles. The molecule has 2 aliphatic carbocycles. The fourth-order valence-electron chi connectivity index (χ4n) is 6.84. The number of anilines is 1. The van der Waals surface area contributed by atoms with Crippen LogP contribution in [0.5, 0.6) is 5.75 Å². The minimum atomic E-state index is 0.115. The van der Waals surface area contributed by atoms with Crippen molar-refractivity contribution in [3.63, 3.8) is 0 Å². The van der Waals surface area contributed by atoms with Crippen molar-refractivity contribution in [2.24, 2.45) is 5.92 Å². The average molecular weight is 438 g/mol. The number of hydrogen-bond acceptors (Lipinski definition) is 3. The lowest BCUT2D eigenvalue weighted by atomic mass is 9.59. The lowest BCUT2D eigenvalue weighted by Crippen LogP contribution is -2.37. The van der Waals surface area contributed by atoms with Gasteiger partial charge in [0.05, 0.1) is 0 Å². The molecule has 1 spiro atoms. The zero-order valence-corrected chi connectivity index (χ0v) is 19.0. The van der Waals surface area contributed by atoms with Gasteiger partial charge < -0.3 is 14.8 Å². The summed E-state index contributed by atoms with van der Waals surface area (Å²) in [5.74, 6) is 0.877. The second-order valence-corrected chi connectivity index (χ2v) is 10.2. The SMILES string of the molecule is O=CC1CCN(c2ccc([C@@H]3c4ccc(O)cc4CC[C@@]34CCc3ccccc34)cc2)CC1. The molecule has 2 atom stereocenters. The van der Waals surface area contributed by atoms with Crippen LogP contribution in [0.2, 0.25) is 0 Å². The van der Waals surface area contributed by atoms with E-state index in [4.69, 9.17) is 0 Å². The summed E-state index contributed by atoms with van der Waals surface area (Å²) in [5.41, 5.74) is 8.42. The molecule has 3 aromatic rings. The molecule has 1 aliphatic heterocycles. The van der Waals surface area contributed by atoms with Crippen LogP contribution >= 0.6 is 0 Å². The highest BCUT2D eigenvalue weighted by atomic mass is 16.3. The quantitative estimate of drug-likeness (QED) is 0.529. The van der Waals surface area contributed by atoms with E-state index in [2.05, 4.69) is 59.5 Å². The Balaban J connectivity index is 1.40. The first-order valence-corrected chi connectivity index (χ1v) is 12.4. The highest BCUT2D eigenvalue weighted by Crippen LogP contribution is 2.57. The number of benzene rings is 3. The molecule has 3 heteroatoms. The van der Waals surface area contributed by atoms with Gasteiger partial charge in [-0.05, 0) is 90.6 Å². The molecule has 3 aromatic carbocycles. The number of aldehydes is 1. The number of fused-ring (bicyclic) bond motifs is 3. The van der Waals surface area contributed by atoms with E-state index in [9.17, 15) is 9.90 Å². The van der Waals surface area contributed by atoms with Gasteiger partial charge in [-0.15, -0.1) is 0 Å². The molecule has 0 saturated carbocycles. The fraction of sp³-hybridized carbons (Fsp3) is 0.367. The first-order chi connectivity index (χ1) is 16.2. The van der Waals surface area contributed by atoms with E-state index >= 15 is 0 Å². The van der Waals surface area contributed by atoms with Gasteiger partial charge in [-0.25, -0.2) is 0 Å². The molecule has 168 valence electrons. The predicted molar refractivity (Wildman–Crippen MR) is 132 cm³/mol. The van der Waals surface area contributed by atoms with Crippen LogP contribution in [0.3, 0.4) is 0 Å². The smallest absolute Gasteiger partial charge is 0.123 e. The maximum Gasteiger partial charge on any atom is 0.123 e. The summed E-state index contributed by atoms with van der Waals surface area (Å²) in [4.78, 5) is 13.5. The van der Waals surface area contributed by atoms with Gasteiger partial charge in [0.1, 0.15) is 12.0 Å². The van der Waals surface area contributed by atoms with E-state index < -0.39 is 0 Å². The van der Waals surface area contributed by atoms with Gasteiger partial charge in [0.15, 0.2) is 0 Å². The number of aromatic hydroxyl groups is 1. The van der Waals surface area contributed by atoms with Crippen LogP contribution in [0.4, 0.5) is 5.69 Å². The van der Waals surface area contributed by atoms with Crippen molar-refractivity contribution in [2.75, 3.05) is 18.0 Å². The molecule has 0 bridgehead atoms. The number of nitrogens with zero attached hydrogens (tertiary/aromatic N) is 1. The molecule has 6 rings (SSSR count). The summed E-state index contributed by atoms with van der Waals surface area (Å²) < 4.78 is 0. The van der Waals surface area contributed by atoms with Crippen LogP contribution in [0, 0.1) is 5.92 Å². The molecule has 0 radical (unpaired) electrons. The number of aryl methyl sites for hydroxylation is 2. The maximum atomic E-state index is 11.1. The second-order valence-electron chi connectivity index (χ2n) is 10.2. The normalized spacial score (nSPS) is 24.5. The number of phenols is 1. The lowest BCUT2D eigenvalue weighted by molar-refractivity contribution is -0.111. The molecule has 1 fully saturated rings. The molecular weight excluding hydrogens is 406 g/mol. The predicted octanol–water partition coefficient (Wildman–Crippen LogP) is 5.77. The molecule has 33 heavy (non-hydrogen) atoms. The summed E-state index contributed by atoms with van der Waals surface area (Å²) in [5, 5.41) is 10.1. The van der Waals surface area contributed by atoms with E-state index in [-0.39, 0.29) is 11.3 Å². The number of rotatable bonds is 3. The molecule has 0 aromatic heterocycles. The van der Waals surface area contributed by atoms with Crippen molar-refractivity contribution in [1.82, 2.24) is 0 Å². The number of piperidine rings is 1. The van der Waals surface area contributed by atoms with E-state index in [0.717, 1.165) is 51.5 Å². The average Bonchev–Trinajstić information content (AvgIpc) is 3.23. The Kier molecular flexibility index (Phi) is 5.01. The third kappa shape index (κ3) is 3.37. The maximum absolute atomic E-state index is 11.1. The summed E-state index contributed by atoms with van der Waals surface area (Å²) in [6.45, 7) is 1.90. The third-order valence-corrected chi connectivity index (χ3v) is 8.55. The molecule has 1 N–H and O–H groups in total. The van der Waals surface area contributed by atoms with Crippen molar-refractivity contribution in [3.8, 4) is 5.75 Å². The summed E-state index contributed by atoms with van der Waals surface area (Å²) in [7, 11) is 0. The van der Waals surface area contributed by atoms with Gasteiger partial charge in [0.2, 0.25) is 0 Å². The van der Waals surface area contributed by atoms with Gasteiger partial charge in [-0.2, -0.15) is 0 Å². The number of phenolic OH excluding ortho intramolecular Hbond substituents is 1. The first kappa shape index (κ1) is 20.5. The van der Waals surface area contributed by atoms with E-state index in [0.29, 0.717) is 11.7 Å². The minimum absolute atomic E-state index is 0.115. The zero-order valence-electron chi connectivity index (χ0n) is 19.0. The van der Waals surface area contributed by atoms with Crippen LogP contribution in [0.15, 0.2) is 66.7 Å². The Hall–Kier alpha value is -3.07. The number of carbonyl (C=O) groups is 1. The van der Waals surface area contributed by atoms with Crippen LogP contribution in [-0.2, 0) is 23.1 Å². The Morgan fingerprint density at radius 3 is 2.36 bits per heavy atom. The van der Waals surface area contributed by atoms with Gasteiger partial charge in [-0.1, -0.05) is 42.5 Å². The fourth-order valence-corrected chi connectivity index (χ4v) is 6.84. The number of hydrogen-bond donors (Lipinski definition) is 1. The largest absolute Gasteiger partial charge is 0.508 e. The van der Waals surface area contributed by atoms with Crippen LogP contribution < -0.4 is 4.90 Å². The molecular formula is C30H31NO2. The first-order valence-electron chi connectivity index (χ1n) is 12.4. The Labute approximate surface area is 196 Å². The summed E-state index contributed by atoms with van der Waals surface area (Å²) >= 11 is 0. The minimum Gasteiger partial charge on any atom is -0.508 e. The van der Waals surface area contributed by atoms with Gasteiger partial charge in [0.25, 0.3) is 0 Å². The third-order valence-electron chi connectivity index (χ3n) is 8.55. The van der Waals surface area contributed by atoms with Crippen LogP contribution in [0.1, 0.15) is 59.4 Å². The summed E-state index contributed by atoms with van der Waals surface area (Å²) in [6.07, 6.45) is 7.47. The van der Waals surface area contributed by atoms with E-state index in [1.54, 1.807) is 0 Å². The van der Waals surface area contributed by atoms with Crippen LogP contribution in [-0.4, -0.2) is 24.5 Å². The van der Waals surface area contributed by atoms with Crippen molar-refractivity contribution in [1.29, 1.82) is 0 Å². The molecule has 0 unspecified atom stereocenters. The van der Waals surface area contributed by atoms with Crippen molar-refractivity contribution in [2.45, 2.75) is 49.9 Å². The van der Waals surface area contributed by atoms with Crippen molar-refractivity contribution in [3.05, 3.63) is 94.5 Å². The Morgan fingerprint density at radius 1 is 0.879 bits per heavy atom. The zero-order chi connectivity index (χ0) is 22.4. The lowest BCUT2D eigenvalue weighted by Gasteiger charge is -2.44. The second kappa shape index (κ2) is 8.06. The van der Waals surface area contributed by atoms with Gasteiger partial charge in [0, 0.05) is 36.0 Å². The molecule has 3 aliphatic rings. The van der Waals surface area contributed by atoms with Crippen LogP contribution in [0.25, 0.3) is 0 Å². The van der Waals surface area contributed by atoms with Gasteiger partial charge in [-0.3, -0.25) is 0 Å². The van der Waals surface area contributed by atoms with Gasteiger partial charge >= 0.3 is 0 Å². The Morgan fingerprint density at radius 2 is 1.61 bits per heavy atom. The monoisotopic (exact) mass is 437 g/mol. The topological polar surface area (TPSA) is 40.5 Å². The number of carbonyl (C=O) groups excluding carboxylic acids is 1. The van der Waals surface area contributed by atoms with Crippen molar-refractivity contribution < 1.29 is 9.90 Å². The molecule has 3 nitrogen and oxygen atoms in total. The highest BCUT2D eigenvalue weighted by molar-refractivity contribution is 5.58. The summed E-state index contributed by atoms with van der Waals surface area (Å²) in [6, 6.07) is 24.2. The highest BCUT2D eigenvalue weighted by Gasteiger charge is 2.48. The Bertz CT molecular complexity index is 1180. The molecule has 0 amide bonds. The standard InChI is InChI=1S/C30H31NO2/c32-20-21-13-17-31(18-14-21)25-7-5-23(6-8-25)29-27-10-9-26(33)19-24(27)12-16-30(29)15-11-22-3-1-2-4-28(22)30/h1-10,19-21,29,33H,11-18H2/t29-,30-/m1/s1. The molecule has 1 heterocycles. The van der Waals surface area contributed by atoms with E-state index in [1.807, 2.05) is 12.1 Å². The van der Waals surface area contributed by atoms with E-state index in [1.165, 1.54) is 39.9 Å².